The molecule has 0 heteroatoms. The molecule has 0 aromatic rings. The van der Waals surface area contributed by atoms with Crippen LogP contribution >= 0.6 is 0 Å². The van der Waals surface area contributed by atoms with Gasteiger partial charge in [-0.05, 0) is 36.5 Å². The van der Waals surface area contributed by atoms with Gasteiger partial charge in [-0.3, -0.25) is 0 Å². The summed E-state index contributed by atoms with van der Waals surface area (Å²) >= 11 is 0. The first-order valence-corrected chi connectivity index (χ1v) is 5.34. The molecule has 0 unspecified atom stereocenters. The maximum absolute atomic E-state index is 2.50. The maximum Gasteiger partial charge on any atom is -0.00926 e. The molecule has 0 heterocycles. The summed E-state index contributed by atoms with van der Waals surface area (Å²) in [5, 5.41) is 0. The molecule has 1 saturated carbocycles. The summed E-state index contributed by atoms with van der Waals surface area (Å²) in [6, 6.07) is 0. The Morgan fingerprint density at radius 1 is 1.00 bits per heavy atom. The van der Waals surface area contributed by atoms with E-state index >= 15 is 0 Å². The lowest BCUT2D eigenvalue weighted by atomic mass is 9.54. The quantitative estimate of drug-likeness (QED) is 0.476. The van der Waals surface area contributed by atoms with E-state index in [4.69, 9.17) is 0 Å². The van der Waals surface area contributed by atoms with Crippen LogP contribution in [0.2, 0.25) is 0 Å². The number of rotatable bonds is 0. The van der Waals surface area contributed by atoms with E-state index in [1.54, 1.807) is 0 Å². The van der Waals surface area contributed by atoms with Crippen molar-refractivity contribution in [2.45, 2.75) is 52.4 Å². The highest BCUT2D eigenvalue weighted by atomic mass is 14.5. The third kappa shape index (κ3) is 1.04. The first kappa shape index (κ1) is 8.34. The van der Waals surface area contributed by atoms with Gasteiger partial charge in [0.2, 0.25) is 0 Å². The predicted molar refractivity (Wildman–Crippen MR) is 53.1 cm³/mol. The molecule has 2 aliphatic rings. The average molecular weight is 164 g/mol. The van der Waals surface area contributed by atoms with Crippen molar-refractivity contribution in [1.82, 2.24) is 0 Å². The van der Waals surface area contributed by atoms with Gasteiger partial charge < -0.3 is 0 Å². The highest BCUT2D eigenvalue weighted by Gasteiger charge is 2.44. The van der Waals surface area contributed by atoms with E-state index in [1.165, 1.54) is 38.5 Å². The molecule has 0 aromatic heterocycles. The van der Waals surface area contributed by atoms with E-state index in [-0.39, 0.29) is 0 Å². The minimum atomic E-state index is 0.531. The van der Waals surface area contributed by atoms with Gasteiger partial charge in [-0.25, -0.2) is 0 Å². The summed E-state index contributed by atoms with van der Waals surface area (Å²) in [4.78, 5) is 0. The molecule has 1 fully saturated rings. The molecule has 0 N–H and O–H groups in total. The van der Waals surface area contributed by atoms with Crippen LogP contribution in [0.1, 0.15) is 52.4 Å². The van der Waals surface area contributed by atoms with Crippen LogP contribution in [0.25, 0.3) is 0 Å². The van der Waals surface area contributed by atoms with Gasteiger partial charge in [0.25, 0.3) is 0 Å². The lowest BCUT2D eigenvalue weighted by molar-refractivity contribution is 0.0442. The van der Waals surface area contributed by atoms with E-state index < -0.39 is 0 Å². The van der Waals surface area contributed by atoms with Crippen molar-refractivity contribution >= 4 is 0 Å². The van der Waals surface area contributed by atoms with E-state index in [1.807, 2.05) is 0 Å². The van der Waals surface area contributed by atoms with Gasteiger partial charge in [0.1, 0.15) is 0 Å². The fraction of sp³-hybridized carbons (Fsp3) is 0.833. The van der Waals surface area contributed by atoms with Crippen LogP contribution in [0.3, 0.4) is 0 Å². The molecule has 0 bridgehead atoms. The standard InChI is InChI=1S/C12H20/c1-11-7-3-5-9-12(11,2)10-6-4-8-11/h3,7H,4-6,8-10H2,1-2H3/t11-,12+/m0/s1. The minimum Gasteiger partial charge on any atom is -0.0879 e. The number of hydrogen-bond donors (Lipinski definition) is 0. The molecule has 0 amide bonds. The van der Waals surface area contributed by atoms with Crippen molar-refractivity contribution in [3.05, 3.63) is 12.2 Å². The van der Waals surface area contributed by atoms with Crippen LogP contribution in [0.4, 0.5) is 0 Å². The maximum atomic E-state index is 2.50. The zero-order valence-corrected chi connectivity index (χ0v) is 8.40. The molecule has 0 radical (unpaired) electrons. The van der Waals surface area contributed by atoms with Crippen molar-refractivity contribution in [3.63, 3.8) is 0 Å². The molecule has 2 atom stereocenters. The van der Waals surface area contributed by atoms with Gasteiger partial charge in [-0.15, -0.1) is 0 Å². The second-order valence-corrected chi connectivity index (χ2v) is 5.13. The Kier molecular flexibility index (Phi) is 1.82. The molecule has 2 rings (SSSR count). The molecule has 0 saturated heterocycles. The average Bonchev–Trinajstić information content (AvgIpc) is 2.05. The van der Waals surface area contributed by atoms with Crippen molar-refractivity contribution in [1.29, 1.82) is 0 Å². The molecule has 0 spiro atoms. The topological polar surface area (TPSA) is 0 Å². The Morgan fingerprint density at radius 2 is 1.75 bits per heavy atom. The van der Waals surface area contributed by atoms with Crippen LogP contribution in [-0.2, 0) is 0 Å². The highest BCUT2D eigenvalue weighted by molar-refractivity contribution is 5.11. The molecular weight excluding hydrogens is 144 g/mol. The third-order valence-electron chi connectivity index (χ3n) is 4.40. The summed E-state index contributed by atoms with van der Waals surface area (Å²) in [7, 11) is 0. The number of hydrogen-bond acceptors (Lipinski definition) is 0. The minimum absolute atomic E-state index is 0.531. The van der Waals surface area contributed by atoms with E-state index in [9.17, 15) is 0 Å². The fourth-order valence-electron chi connectivity index (χ4n) is 3.04. The second kappa shape index (κ2) is 2.61. The van der Waals surface area contributed by atoms with Crippen LogP contribution in [0, 0.1) is 10.8 Å². The zero-order chi connectivity index (χ0) is 8.66. The van der Waals surface area contributed by atoms with Crippen LogP contribution in [0.15, 0.2) is 12.2 Å². The summed E-state index contributed by atoms with van der Waals surface area (Å²) in [6.07, 6.45) is 13.4. The van der Waals surface area contributed by atoms with Gasteiger partial charge in [0.05, 0.1) is 0 Å². The molecule has 0 aliphatic heterocycles. The number of fused-ring (bicyclic) bond motifs is 1. The Hall–Kier alpha value is -0.260. The molecule has 0 nitrogen and oxygen atoms in total. The number of allylic oxidation sites excluding steroid dienone is 2. The molecule has 12 heavy (non-hydrogen) atoms. The first-order valence-electron chi connectivity index (χ1n) is 5.34. The summed E-state index contributed by atoms with van der Waals surface area (Å²) in [5.74, 6) is 0. The highest BCUT2D eigenvalue weighted by Crippen LogP contribution is 2.55. The van der Waals surface area contributed by atoms with Crippen LogP contribution in [-0.4, -0.2) is 0 Å². The molecule has 0 aromatic carbocycles. The largest absolute Gasteiger partial charge is 0.0879 e. The first-order chi connectivity index (χ1) is 5.66. The summed E-state index contributed by atoms with van der Waals surface area (Å²) in [5.41, 5.74) is 1.16. The van der Waals surface area contributed by atoms with E-state index in [2.05, 4.69) is 26.0 Å². The van der Waals surface area contributed by atoms with Crippen molar-refractivity contribution in [3.8, 4) is 0 Å². The normalized spacial score (nSPS) is 47.2. The lowest BCUT2D eigenvalue weighted by Gasteiger charge is -2.51. The fourth-order valence-corrected chi connectivity index (χ4v) is 3.04. The zero-order valence-electron chi connectivity index (χ0n) is 8.40. The summed E-state index contributed by atoms with van der Waals surface area (Å²) < 4.78 is 0. The van der Waals surface area contributed by atoms with Gasteiger partial charge >= 0.3 is 0 Å². The Balaban J connectivity index is 2.30. The van der Waals surface area contributed by atoms with Crippen LogP contribution in [0.5, 0.6) is 0 Å². The van der Waals surface area contributed by atoms with Crippen molar-refractivity contribution in [2.75, 3.05) is 0 Å². The second-order valence-electron chi connectivity index (χ2n) is 5.13. The molecule has 2 aliphatic carbocycles. The van der Waals surface area contributed by atoms with Gasteiger partial charge in [-0.2, -0.15) is 0 Å². The van der Waals surface area contributed by atoms with Crippen LogP contribution < -0.4 is 0 Å². The van der Waals surface area contributed by atoms with E-state index in [0.717, 1.165) is 0 Å². The van der Waals surface area contributed by atoms with Crippen molar-refractivity contribution in [2.24, 2.45) is 10.8 Å². The third-order valence-corrected chi connectivity index (χ3v) is 4.40. The molecular formula is C12H20. The Bertz CT molecular complexity index is 204. The monoisotopic (exact) mass is 164 g/mol. The van der Waals surface area contributed by atoms with Crippen molar-refractivity contribution < 1.29 is 0 Å². The Labute approximate surface area is 76.1 Å². The van der Waals surface area contributed by atoms with Gasteiger partial charge in [0, 0.05) is 0 Å². The van der Waals surface area contributed by atoms with E-state index in [0.29, 0.717) is 10.8 Å². The molecule has 68 valence electrons. The van der Waals surface area contributed by atoms with Gasteiger partial charge in [0.15, 0.2) is 0 Å². The Morgan fingerprint density at radius 3 is 2.50 bits per heavy atom. The summed E-state index contributed by atoms with van der Waals surface area (Å²) in [6.45, 7) is 4.96. The SMILES string of the molecule is C[C@]12CCC=C[C@@]1(C)CCCC2. The smallest absolute Gasteiger partial charge is 0.00926 e. The predicted octanol–water partition coefficient (Wildman–Crippen LogP) is 3.92. The lowest BCUT2D eigenvalue weighted by Crippen LogP contribution is -2.40. The van der Waals surface area contributed by atoms with Gasteiger partial charge in [-0.1, -0.05) is 38.8 Å².